The summed E-state index contributed by atoms with van der Waals surface area (Å²) in [4.78, 5) is 31.8. The van der Waals surface area contributed by atoms with E-state index in [9.17, 15) is 19.7 Å². The highest BCUT2D eigenvalue weighted by Crippen LogP contribution is 2.14. The highest BCUT2D eigenvalue weighted by molar-refractivity contribution is 7.98. The Morgan fingerprint density at radius 1 is 1.41 bits per heavy atom. The summed E-state index contributed by atoms with van der Waals surface area (Å²) in [5.41, 5.74) is 0.598. The quantitative estimate of drug-likeness (QED) is 0.428. The van der Waals surface area contributed by atoms with Crippen LogP contribution in [0.2, 0.25) is 0 Å². The molecule has 1 unspecified atom stereocenters. The number of nitro benzene ring substituents is 1. The second-order valence-corrected chi connectivity index (χ2v) is 5.71. The van der Waals surface area contributed by atoms with E-state index in [1.54, 1.807) is 6.92 Å². The van der Waals surface area contributed by atoms with E-state index < -0.39 is 17.0 Å². The fraction of sp³-hybridized carbons (Fsp3) is 0.385. The van der Waals surface area contributed by atoms with Crippen LogP contribution in [0.15, 0.2) is 24.3 Å². The van der Waals surface area contributed by atoms with Gasteiger partial charge in [-0.2, -0.15) is 0 Å². The van der Waals surface area contributed by atoms with Crippen molar-refractivity contribution >= 4 is 29.7 Å². The SMILES string of the molecule is CC(CCC(=O)O)SNC(=O)OCc1ccc([N+](=O)[O-])cc1. The first kappa shape index (κ1) is 17.8. The number of carbonyl (C=O) groups excluding carboxylic acids is 1. The van der Waals surface area contributed by atoms with Crippen molar-refractivity contribution in [3.05, 3.63) is 39.9 Å². The van der Waals surface area contributed by atoms with Gasteiger partial charge in [0.25, 0.3) is 5.69 Å². The van der Waals surface area contributed by atoms with Crippen LogP contribution in [0.3, 0.4) is 0 Å². The van der Waals surface area contributed by atoms with E-state index in [1.807, 2.05) is 0 Å². The first-order valence-corrected chi connectivity index (χ1v) is 7.30. The third kappa shape index (κ3) is 6.93. The fourth-order valence-electron chi connectivity index (χ4n) is 1.43. The molecule has 2 N–H and O–H groups in total. The molecule has 0 aromatic heterocycles. The Labute approximate surface area is 131 Å². The number of rotatable bonds is 8. The monoisotopic (exact) mass is 328 g/mol. The number of amides is 1. The predicted octanol–water partition coefficient (Wildman–Crippen LogP) is 2.72. The first-order valence-electron chi connectivity index (χ1n) is 6.42. The van der Waals surface area contributed by atoms with Gasteiger partial charge in [0.1, 0.15) is 6.61 Å². The molecular weight excluding hydrogens is 312 g/mol. The summed E-state index contributed by atoms with van der Waals surface area (Å²) < 4.78 is 7.41. The zero-order valence-electron chi connectivity index (χ0n) is 11.9. The molecule has 120 valence electrons. The summed E-state index contributed by atoms with van der Waals surface area (Å²) >= 11 is 1.09. The second-order valence-electron chi connectivity index (χ2n) is 4.46. The topological polar surface area (TPSA) is 119 Å². The average Bonchev–Trinajstić information content (AvgIpc) is 2.49. The summed E-state index contributed by atoms with van der Waals surface area (Å²) in [5, 5.41) is 19.0. The smallest absolute Gasteiger partial charge is 0.417 e. The number of hydrogen-bond acceptors (Lipinski definition) is 6. The molecule has 0 fully saturated rings. The van der Waals surface area contributed by atoms with E-state index in [2.05, 4.69) is 4.72 Å². The molecule has 1 atom stereocenters. The number of aliphatic carboxylic acids is 1. The minimum Gasteiger partial charge on any atom is -0.481 e. The lowest BCUT2D eigenvalue weighted by Gasteiger charge is -2.10. The Morgan fingerprint density at radius 3 is 2.59 bits per heavy atom. The Morgan fingerprint density at radius 2 is 2.05 bits per heavy atom. The Bertz CT molecular complexity index is 534. The number of carboxylic acid groups (broad SMARTS) is 1. The lowest BCUT2D eigenvalue weighted by molar-refractivity contribution is -0.384. The van der Waals surface area contributed by atoms with Crippen molar-refractivity contribution < 1.29 is 24.4 Å². The average molecular weight is 328 g/mol. The van der Waals surface area contributed by atoms with Crippen LogP contribution in [0.25, 0.3) is 0 Å². The van der Waals surface area contributed by atoms with Crippen LogP contribution in [0.4, 0.5) is 10.5 Å². The van der Waals surface area contributed by atoms with Gasteiger partial charge in [0, 0.05) is 23.8 Å². The van der Waals surface area contributed by atoms with Crippen molar-refractivity contribution in [3.8, 4) is 0 Å². The number of carboxylic acids is 1. The number of benzene rings is 1. The van der Waals surface area contributed by atoms with Crippen molar-refractivity contribution in [1.29, 1.82) is 0 Å². The molecule has 0 bridgehead atoms. The molecule has 0 saturated heterocycles. The normalized spacial score (nSPS) is 11.5. The minimum atomic E-state index is -0.881. The summed E-state index contributed by atoms with van der Waals surface area (Å²) in [7, 11) is 0. The van der Waals surface area contributed by atoms with Crippen LogP contribution in [0.5, 0.6) is 0 Å². The Balaban J connectivity index is 2.28. The van der Waals surface area contributed by atoms with E-state index in [1.165, 1.54) is 24.3 Å². The van der Waals surface area contributed by atoms with Gasteiger partial charge in [0.2, 0.25) is 0 Å². The van der Waals surface area contributed by atoms with Gasteiger partial charge in [-0.1, -0.05) is 6.92 Å². The van der Waals surface area contributed by atoms with E-state index >= 15 is 0 Å². The lowest BCUT2D eigenvalue weighted by Crippen LogP contribution is -2.20. The van der Waals surface area contributed by atoms with Gasteiger partial charge in [-0.05, 0) is 36.1 Å². The molecule has 0 radical (unpaired) electrons. The summed E-state index contributed by atoms with van der Waals surface area (Å²) in [6.07, 6.45) is -0.179. The molecule has 8 nitrogen and oxygen atoms in total. The number of carbonyl (C=O) groups is 2. The zero-order valence-corrected chi connectivity index (χ0v) is 12.7. The van der Waals surface area contributed by atoms with Crippen molar-refractivity contribution in [2.45, 2.75) is 31.6 Å². The molecule has 1 aromatic carbocycles. The molecule has 0 heterocycles. The van der Waals surface area contributed by atoms with E-state index in [0.717, 1.165) is 11.9 Å². The number of nitro groups is 1. The van der Waals surface area contributed by atoms with E-state index in [4.69, 9.17) is 9.84 Å². The lowest BCUT2D eigenvalue weighted by atomic mass is 10.2. The fourth-order valence-corrected chi connectivity index (χ4v) is 2.02. The van der Waals surface area contributed by atoms with Gasteiger partial charge in [-0.3, -0.25) is 19.6 Å². The Kier molecular flexibility index (Phi) is 7.17. The predicted molar refractivity (Wildman–Crippen MR) is 80.3 cm³/mol. The highest BCUT2D eigenvalue weighted by atomic mass is 32.2. The molecule has 1 rings (SSSR count). The number of ether oxygens (including phenoxy) is 1. The van der Waals surface area contributed by atoms with Crippen LogP contribution in [0.1, 0.15) is 25.3 Å². The van der Waals surface area contributed by atoms with Crippen molar-refractivity contribution in [2.75, 3.05) is 0 Å². The zero-order chi connectivity index (χ0) is 16.5. The molecule has 0 spiro atoms. The van der Waals surface area contributed by atoms with E-state index in [0.29, 0.717) is 12.0 Å². The van der Waals surface area contributed by atoms with Crippen LogP contribution >= 0.6 is 11.9 Å². The third-order valence-electron chi connectivity index (χ3n) is 2.63. The van der Waals surface area contributed by atoms with E-state index in [-0.39, 0.29) is 24.0 Å². The Hall–Kier alpha value is -2.29. The van der Waals surface area contributed by atoms with Crippen molar-refractivity contribution in [1.82, 2.24) is 4.72 Å². The van der Waals surface area contributed by atoms with Gasteiger partial charge >= 0.3 is 12.1 Å². The molecule has 1 aromatic rings. The number of hydrogen-bond donors (Lipinski definition) is 2. The maximum atomic E-state index is 11.5. The minimum absolute atomic E-state index is 0.00606. The van der Waals surface area contributed by atoms with Crippen LogP contribution < -0.4 is 4.72 Å². The summed E-state index contributed by atoms with van der Waals surface area (Å²) in [6, 6.07) is 5.68. The molecule has 22 heavy (non-hydrogen) atoms. The number of non-ortho nitro benzene ring substituents is 1. The maximum absolute atomic E-state index is 11.5. The van der Waals surface area contributed by atoms with Crippen LogP contribution in [0, 0.1) is 10.1 Å². The molecular formula is C13H16N2O6S. The molecule has 1 amide bonds. The second kappa shape index (κ2) is 8.88. The maximum Gasteiger partial charge on any atom is 0.417 e. The molecule has 0 saturated carbocycles. The molecule has 0 aliphatic carbocycles. The van der Waals surface area contributed by atoms with Gasteiger partial charge in [-0.15, -0.1) is 0 Å². The van der Waals surface area contributed by atoms with Crippen molar-refractivity contribution in [2.24, 2.45) is 0 Å². The van der Waals surface area contributed by atoms with Crippen molar-refractivity contribution in [3.63, 3.8) is 0 Å². The third-order valence-corrected chi connectivity index (χ3v) is 3.55. The summed E-state index contributed by atoms with van der Waals surface area (Å²) in [6.45, 7) is 1.79. The van der Waals surface area contributed by atoms with Gasteiger partial charge < -0.3 is 9.84 Å². The summed E-state index contributed by atoms with van der Waals surface area (Å²) in [5.74, 6) is -0.881. The molecule has 0 aliphatic heterocycles. The standard InChI is InChI=1S/C13H16N2O6S/c1-9(2-7-12(16)17)22-14-13(18)21-8-10-3-5-11(6-4-10)15(19)20/h3-6,9H,2,7-8H2,1H3,(H,14,18)(H,16,17). The number of nitrogens with one attached hydrogen (secondary N) is 1. The molecule has 9 heteroatoms. The van der Waals surface area contributed by atoms with Gasteiger partial charge in [0.15, 0.2) is 0 Å². The van der Waals surface area contributed by atoms with Gasteiger partial charge in [0.05, 0.1) is 4.92 Å². The van der Waals surface area contributed by atoms with Gasteiger partial charge in [-0.25, -0.2) is 4.79 Å². The largest absolute Gasteiger partial charge is 0.481 e. The van der Waals surface area contributed by atoms with Crippen LogP contribution in [-0.4, -0.2) is 27.3 Å². The van der Waals surface area contributed by atoms with Crippen LogP contribution in [-0.2, 0) is 16.1 Å². The molecule has 0 aliphatic rings. The highest BCUT2D eigenvalue weighted by Gasteiger charge is 2.10. The number of nitrogens with zero attached hydrogens (tertiary/aromatic N) is 1. The first-order chi connectivity index (χ1) is 10.4.